The Morgan fingerprint density at radius 3 is 2.33 bits per heavy atom. The van der Waals surface area contributed by atoms with E-state index in [1.807, 2.05) is 32.8 Å². The third kappa shape index (κ3) is 16.6. The monoisotopic (exact) mass is 480 g/mol. The van der Waals surface area contributed by atoms with Gasteiger partial charge in [0.25, 0.3) is 0 Å². The molecule has 4 nitrogen and oxygen atoms in total. The van der Waals surface area contributed by atoms with Crippen LogP contribution in [0.3, 0.4) is 0 Å². The number of halogens is 1. The van der Waals surface area contributed by atoms with E-state index in [2.05, 4.69) is 56.7 Å². The molecule has 0 spiro atoms. The highest BCUT2D eigenvalue weighted by Gasteiger charge is 2.29. The van der Waals surface area contributed by atoms with Crippen LogP contribution in [0.4, 0.5) is 0 Å². The van der Waals surface area contributed by atoms with Gasteiger partial charge in [0, 0.05) is 5.03 Å². The molecule has 1 saturated carbocycles. The Bertz CT molecular complexity index is 693. The van der Waals surface area contributed by atoms with E-state index in [0.717, 1.165) is 42.7 Å². The summed E-state index contributed by atoms with van der Waals surface area (Å²) in [6.45, 7) is 20.6. The van der Waals surface area contributed by atoms with Crippen molar-refractivity contribution in [3.8, 4) is 0 Å². The zero-order valence-corrected chi connectivity index (χ0v) is 22.3. The van der Waals surface area contributed by atoms with Crippen molar-refractivity contribution in [2.24, 2.45) is 5.92 Å². The van der Waals surface area contributed by atoms with Crippen LogP contribution in [-0.2, 0) is 14.4 Å². The van der Waals surface area contributed by atoms with Crippen molar-refractivity contribution < 1.29 is 19.7 Å². The van der Waals surface area contributed by atoms with Crippen LogP contribution in [0.25, 0.3) is 0 Å². The SMILES string of the molecule is C=C(CC/C=C\C(=C)C1CC1)/C(Cl)=C\C=C=C(C)[C@H]1CCCC(C)(C)O1.C=O.CC.COO. The van der Waals surface area contributed by atoms with Gasteiger partial charge < -0.3 is 9.53 Å². The van der Waals surface area contributed by atoms with Gasteiger partial charge in [-0.25, -0.2) is 4.89 Å². The second-order valence-electron chi connectivity index (χ2n) is 8.34. The minimum Gasteiger partial charge on any atom is -0.367 e. The first-order chi connectivity index (χ1) is 15.7. The normalized spacial score (nSPS) is 18.8. The van der Waals surface area contributed by atoms with Crippen molar-refractivity contribution in [3.05, 3.63) is 64.9 Å². The Labute approximate surface area is 207 Å². The molecule has 2 aliphatic rings. The van der Waals surface area contributed by atoms with Gasteiger partial charge in [0.15, 0.2) is 0 Å². The minimum atomic E-state index is -0.0358. The number of allylic oxidation sites excluding steroid dienone is 6. The average Bonchev–Trinajstić information content (AvgIpc) is 3.64. The molecule has 1 N–H and O–H groups in total. The third-order valence-electron chi connectivity index (χ3n) is 5.11. The standard InChI is InChI=1S/C24H33ClO.C2H6.CH4O2.CH2O/c1-18(21-15-16-21)10-6-7-11-19(2)22(25)13-8-12-20(3)23-14-9-17-24(4,5)26-23;1-2;1-3-2;1-2/h6,8,10,13,21,23H,1-2,7,9,11,14-17H2,3-5H3;1-2H3;2H,1H3;1H2/b10-6-,22-13+;;;/t12?,23-;;;/m1.../s1. The summed E-state index contributed by atoms with van der Waals surface area (Å²) in [5.74, 6) is 0.733. The summed E-state index contributed by atoms with van der Waals surface area (Å²) in [6.07, 6.45) is 16.1. The van der Waals surface area contributed by atoms with Crippen molar-refractivity contribution in [3.63, 3.8) is 0 Å². The topological polar surface area (TPSA) is 55.8 Å². The molecule has 1 aliphatic carbocycles. The molecule has 0 unspecified atom stereocenters. The van der Waals surface area contributed by atoms with E-state index in [-0.39, 0.29) is 11.7 Å². The largest absolute Gasteiger partial charge is 0.367 e. The van der Waals surface area contributed by atoms with Crippen molar-refractivity contribution in [1.29, 1.82) is 0 Å². The van der Waals surface area contributed by atoms with E-state index >= 15 is 0 Å². The van der Waals surface area contributed by atoms with Crippen molar-refractivity contribution >= 4 is 18.4 Å². The van der Waals surface area contributed by atoms with Gasteiger partial charge in [-0.15, -0.1) is 5.73 Å². The highest BCUT2D eigenvalue weighted by atomic mass is 35.5. The lowest BCUT2D eigenvalue weighted by Crippen LogP contribution is -2.35. The Balaban J connectivity index is 0. The average molecular weight is 481 g/mol. The lowest BCUT2D eigenvalue weighted by atomic mass is 9.93. The predicted molar refractivity (Wildman–Crippen MR) is 141 cm³/mol. The number of hydrogen-bond acceptors (Lipinski definition) is 4. The molecule has 1 heterocycles. The smallest absolute Gasteiger partial charge is 0.106 e. The first kappa shape index (κ1) is 33.5. The molecule has 0 amide bonds. The van der Waals surface area contributed by atoms with Crippen LogP contribution in [-0.4, -0.2) is 30.9 Å². The van der Waals surface area contributed by atoms with Crippen molar-refractivity contribution in [2.75, 3.05) is 7.11 Å². The van der Waals surface area contributed by atoms with Crippen LogP contribution in [0.15, 0.2) is 64.9 Å². The molecule has 0 aromatic heterocycles. The molecule has 0 aromatic carbocycles. The fourth-order valence-corrected chi connectivity index (χ4v) is 3.34. The Kier molecular flexibility index (Phi) is 20.1. The molecule has 0 bridgehead atoms. The lowest BCUT2D eigenvalue weighted by molar-refractivity contribution is -0.214. The van der Waals surface area contributed by atoms with Crippen LogP contribution in [0, 0.1) is 5.92 Å². The van der Waals surface area contributed by atoms with Crippen LogP contribution in [0.5, 0.6) is 0 Å². The Hall–Kier alpha value is -1.68. The van der Waals surface area contributed by atoms with Crippen LogP contribution >= 0.6 is 11.6 Å². The summed E-state index contributed by atoms with van der Waals surface area (Å²) in [4.78, 5) is 11.2. The zero-order chi connectivity index (χ0) is 25.9. The van der Waals surface area contributed by atoms with Gasteiger partial charge in [-0.05, 0) is 94.9 Å². The maximum Gasteiger partial charge on any atom is 0.106 e. The van der Waals surface area contributed by atoms with E-state index in [1.165, 1.54) is 31.9 Å². The predicted octanol–water partition coefficient (Wildman–Crippen LogP) is 8.36. The van der Waals surface area contributed by atoms with Crippen LogP contribution in [0.2, 0.25) is 0 Å². The molecule has 5 heteroatoms. The highest BCUT2D eigenvalue weighted by Crippen LogP contribution is 2.36. The summed E-state index contributed by atoms with van der Waals surface area (Å²) < 4.78 is 6.14. The number of carbonyl (C=O) groups excluding carboxylic acids is 1. The zero-order valence-electron chi connectivity index (χ0n) is 21.6. The van der Waals surface area contributed by atoms with E-state index in [0.29, 0.717) is 5.03 Å². The Morgan fingerprint density at radius 2 is 1.82 bits per heavy atom. The maximum atomic E-state index is 8.00. The Morgan fingerprint density at radius 1 is 1.24 bits per heavy atom. The minimum absolute atomic E-state index is 0.0358. The first-order valence-corrected chi connectivity index (χ1v) is 12.0. The first-order valence-electron chi connectivity index (χ1n) is 11.7. The third-order valence-corrected chi connectivity index (χ3v) is 5.51. The molecule has 1 aliphatic heterocycles. The fourth-order valence-electron chi connectivity index (χ4n) is 3.18. The van der Waals surface area contributed by atoms with Gasteiger partial charge in [0.1, 0.15) is 6.79 Å². The molecule has 2 fully saturated rings. The number of ether oxygens (including phenoxy) is 1. The fraction of sp³-hybridized carbons (Fsp3) is 0.571. The molecule has 33 heavy (non-hydrogen) atoms. The second kappa shape index (κ2) is 19.8. The molecule has 1 saturated heterocycles. The summed E-state index contributed by atoms with van der Waals surface area (Å²) in [5, 5.41) is 7.77. The van der Waals surface area contributed by atoms with Crippen LogP contribution < -0.4 is 0 Å². The van der Waals surface area contributed by atoms with Crippen molar-refractivity contribution in [2.45, 2.75) is 91.3 Å². The van der Waals surface area contributed by atoms with E-state index in [4.69, 9.17) is 26.4 Å². The molecule has 2 rings (SSSR count). The second-order valence-corrected chi connectivity index (χ2v) is 8.75. The molecular formula is C28H45ClO4. The summed E-state index contributed by atoms with van der Waals surface area (Å²) >= 11 is 6.36. The molecular weight excluding hydrogens is 436 g/mol. The van der Waals surface area contributed by atoms with E-state index in [9.17, 15) is 0 Å². The summed E-state index contributed by atoms with van der Waals surface area (Å²) in [7, 11) is 1.18. The molecule has 0 aromatic rings. The molecule has 188 valence electrons. The highest BCUT2D eigenvalue weighted by molar-refractivity contribution is 6.32. The van der Waals surface area contributed by atoms with Gasteiger partial charge in [-0.1, -0.05) is 56.3 Å². The van der Waals surface area contributed by atoms with E-state index < -0.39 is 0 Å². The number of rotatable bonds is 8. The number of carbonyl (C=O) groups is 1. The number of hydrogen-bond donors (Lipinski definition) is 1. The molecule has 1 atom stereocenters. The van der Waals surface area contributed by atoms with Gasteiger partial charge in [-0.3, -0.25) is 5.26 Å². The van der Waals surface area contributed by atoms with Gasteiger partial charge in [0.2, 0.25) is 0 Å². The van der Waals surface area contributed by atoms with Gasteiger partial charge >= 0.3 is 0 Å². The molecule has 0 radical (unpaired) electrons. The van der Waals surface area contributed by atoms with E-state index in [1.54, 1.807) is 0 Å². The maximum absolute atomic E-state index is 8.00. The quantitative estimate of drug-likeness (QED) is 0.164. The summed E-state index contributed by atoms with van der Waals surface area (Å²) in [6, 6.07) is 0. The summed E-state index contributed by atoms with van der Waals surface area (Å²) in [5.41, 5.74) is 6.63. The van der Waals surface area contributed by atoms with Gasteiger partial charge in [0.05, 0.1) is 18.8 Å². The van der Waals surface area contributed by atoms with Crippen molar-refractivity contribution in [1.82, 2.24) is 0 Å². The van der Waals surface area contributed by atoms with Crippen LogP contribution in [0.1, 0.15) is 79.6 Å². The van der Waals surface area contributed by atoms with Gasteiger partial charge in [-0.2, -0.15) is 0 Å². The lowest BCUT2D eigenvalue weighted by Gasteiger charge is -2.36.